The third-order valence-electron chi connectivity index (χ3n) is 5.06. The van der Waals surface area contributed by atoms with E-state index in [1.165, 1.54) is 19.2 Å². The van der Waals surface area contributed by atoms with Crippen molar-refractivity contribution in [2.24, 2.45) is 0 Å². The SMILES string of the molecule is CC(=O)c1cc(Nc2cc(C)nc(Cc3ccc(NC(=O)Nc4ccc(Cl)c(C(F)(F)F)c4)nc3)n2)[nH]n1. The fraction of sp³-hybridized carbons (Fsp3) is 0.167. The van der Waals surface area contributed by atoms with Crippen LogP contribution in [0.2, 0.25) is 5.02 Å². The van der Waals surface area contributed by atoms with Crippen molar-refractivity contribution in [3.8, 4) is 0 Å². The van der Waals surface area contributed by atoms with Crippen LogP contribution in [0.3, 0.4) is 0 Å². The van der Waals surface area contributed by atoms with Crippen LogP contribution in [-0.4, -0.2) is 37.0 Å². The first-order valence-corrected chi connectivity index (χ1v) is 11.4. The van der Waals surface area contributed by atoms with Crippen LogP contribution < -0.4 is 16.0 Å². The topological polar surface area (TPSA) is 138 Å². The monoisotopic (exact) mass is 544 g/mol. The lowest BCUT2D eigenvalue weighted by atomic mass is 10.2. The van der Waals surface area contributed by atoms with Crippen molar-refractivity contribution in [2.45, 2.75) is 26.4 Å². The number of hydrogen-bond acceptors (Lipinski definition) is 7. The number of hydrogen-bond donors (Lipinski definition) is 4. The Balaban J connectivity index is 1.38. The quantitative estimate of drug-likeness (QED) is 0.217. The molecule has 38 heavy (non-hydrogen) atoms. The highest BCUT2D eigenvalue weighted by molar-refractivity contribution is 6.31. The molecule has 4 N–H and O–H groups in total. The van der Waals surface area contributed by atoms with Gasteiger partial charge in [-0.25, -0.2) is 19.7 Å². The number of urea groups is 1. The number of aryl methyl sites for hydroxylation is 1. The summed E-state index contributed by atoms with van der Waals surface area (Å²) in [7, 11) is 0. The van der Waals surface area contributed by atoms with E-state index in [0.717, 1.165) is 17.7 Å². The number of amides is 2. The Kier molecular flexibility index (Phi) is 7.57. The maximum atomic E-state index is 13.0. The highest BCUT2D eigenvalue weighted by atomic mass is 35.5. The average Bonchev–Trinajstić information content (AvgIpc) is 3.29. The van der Waals surface area contributed by atoms with Crippen LogP contribution in [0.1, 0.15) is 40.1 Å². The van der Waals surface area contributed by atoms with Crippen LogP contribution in [0.15, 0.2) is 48.7 Å². The molecule has 3 aromatic heterocycles. The number of anilines is 4. The van der Waals surface area contributed by atoms with Crippen molar-refractivity contribution in [1.29, 1.82) is 0 Å². The van der Waals surface area contributed by atoms with Gasteiger partial charge in [-0.2, -0.15) is 18.3 Å². The number of halogens is 4. The van der Waals surface area contributed by atoms with E-state index in [-0.39, 0.29) is 17.3 Å². The van der Waals surface area contributed by atoms with Gasteiger partial charge in [0.15, 0.2) is 5.78 Å². The molecule has 14 heteroatoms. The van der Waals surface area contributed by atoms with Gasteiger partial charge in [0.2, 0.25) is 0 Å². The molecule has 196 valence electrons. The van der Waals surface area contributed by atoms with Gasteiger partial charge in [-0.3, -0.25) is 15.2 Å². The fourth-order valence-corrected chi connectivity index (χ4v) is 3.59. The van der Waals surface area contributed by atoms with Gasteiger partial charge in [-0.05, 0) is 36.8 Å². The van der Waals surface area contributed by atoms with Gasteiger partial charge in [0.1, 0.15) is 29.0 Å². The van der Waals surface area contributed by atoms with Crippen LogP contribution in [0.5, 0.6) is 0 Å². The number of rotatable bonds is 7. The summed E-state index contributed by atoms with van der Waals surface area (Å²) >= 11 is 5.60. The summed E-state index contributed by atoms with van der Waals surface area (Å²) in [6, 6.07) is 8.85. The van der Waals surface area contributed by atoms with Gasteiger partial charge in [0, 0.05) is 43.1 Å². The lowest BCUT2D eigenvalue weighted by molar-refractivity contribution is -0.137. The van der Waals surface area contributed by atoms with E-state index in [9.17, 15) is 22.8 Å². The van der Waals surface area contributed by atoms with Gasteiger partial charge in [-0.1, -0.05) is 17.7 Å². The number of alkyl halides is 3. The number of benzene rings is 1. The number of carbonyl (C=O) groups excluding carboxylic acids is 2. The van der Waals surface area contributed by atoms with Crippen molar-refractivity contribution >= 4 is 46.6 Å². The second kappa shape index (κ2) is 10.8. The maximum absolute atomic E-state index is 13.0. The zero-order valence-electron chi connectivity index (χ0n) is 19.9. The Hall–Kier alpha value is -4.52. The van der Waals surface area contributed by atoms with Crippen molar-refractivity contribution in [3.63, 3.8) is 0 Å². The van der Waals surface area contributed by atoms with E-state index in [2.05, 4.69) is 41.1 Å². The largest absolute Gasteiger partial charge is 0.417 e. The normalized spacial score (nSPS) is 11.2. The first-order valence-electron chi connectivity index (χ1n) is 11.0. The number of nitrogens with zero attached hydrogens (tertiary/aromatic N) is 4. The molecule has 4 aromatic rings. The first kappa shape index (κ1) is 26.5. The maximum Gasteiger partial charge on any atom is 0.417 e. The van der Waals surface area contributed by atoms with Crippen molar-refractivity contribution in [2.75, 3.05) is 16.0 Å². The number of aromatic amines is 1. The molecule has 0 aliphatic heterocycles. The lowest BCUT2D eigenvalue weighted by Gasteiger charge is -2.12. The number of Topliss-reactive ketones (excluding diaryl/α,β-unsaturated/α-hetero) is 1. The summed E-state index contributed by atoms with van der Waals surface area (Å²) < 4.78 is 39.1. The molecule has 0 radical (unpaired) electrons. The zero-order chi connectivity index (χ0) is 27.4. The van der Waals surface area contributed by atoms with E-state index in [1.807, 2.05) is 6.92 Å². The molecule has 2 amide bonds. The third kappa shape index (κ3) is 6.82. The summed E-state index contributed by atoms with van der Waals surface area (Å²) in [5.41, 5.74) is 0.625. The van der Waals surface area contributed by atoms with Crippen molar-refractivity contribution in [1.82, 2.24) is 25.1 Å². The summed E-state index contributed by atoms with van der Waals surface area (Å²) in [5, 5.41) is 14.0. The zero-order valence-corrected chi connectivity index (χ0v) is 20.7. The molecule has 0 aliphatic carbocycles. The number of carbonyl (C=O) groups is 2. The predicted octanol–water partition coefficient (Wildman–Crippen LogP) is 5.76. The van der Waals surface area contributed by atoms with E-state index < -0.39 is 22.8 Å². The number of ketones is 1. The molecule has 0 aliphatic rings. The summed E-state index contributed by atoms with van der Waals surface area (Å²) in [6.45, 7) is 3.23. The van der Waals surface area contributed by atoms with Gasteiger partial charge in [-0.15, -0.1) is 0 Å². The minimum Gasteiger partial charge on any atom is -0.325 e. The molecule has 0 saturated heterocycles. The highest BCUT2D eigenvalue weighted by Gasteiger charge is 2.33. The molecule has 3 heterocycles. The Labute approximate surface area is 219 Å². The molecule has 0 spiro atoms. The van der Waals surface area contributed by atoms with Crippen LogP contribution >= 0.6 is 11.6 Å². The molecule has 4 rings (SSSR count). The molecule has 1 aromatic carbocycles. The smallest absolute Gasteiger partial charge is 0.325 e. The Bertz CT molecular complexity index is 1490. The summed E-state index contributed by atoms with van der Waals surface area (Å²) in [4.78, 5) is 36.7. The predicted molar refractivity (Wildman–Crippen MR) is 135 cm³/mol. The molecule has 0 fully saturated rings. The molecule has 0 unspecified atom stereocenters. The second-order valence-electron chi connectivity index (χ2n) is 8.16. The Morgan fingerprint density at radius 2 is 1.82 bits per heavy atom. The molecule has 0 bridgehead atoms. The minimum atomic E-state index is -4.65. The number of H-pyrrole nitrogens is 1. The first-order chi connectivity index (χ1) is 18.0. The van der Waals surface area contributed by atoms with Crippen LogP contribution in [0.25, 0.3) is 0 Å². The Morgan fingerprint density at radius 1 is 1.03 bits per heavy atom. The van der Waals surface area contributed by atoms with Crippen LogP contribution in [-0.2, 0) is 12.6 Å². The van der Waals surface area contributed by atoms with E-state index in [0.29, 0.717) is 35.3 Å². The van der Waals surface area contributed by atoms with Gasteiger partial charge in [0.05, 0.1) is 10.6 Å². The standard InChI is InChI=1S/C24H20ClF3N8O2/c1-12-7-20(33-22-10-18(13(2)37)35-36-22)32-21(30-12)8-14-3-6-19(29-11-14)34-23(38)31-15-4-5-17(25)16(9-15)24(26,27)28/h3-7,9-11H,8H2,1-2H3,(H2,29,31,34,38)(H2,30,32,33,35,36). The van der Waals surface area contributed by atoms with Crippen LogP contribution in [0.4, 0.5) is 41.1 Å². The van der Waals surface area contributed by atoms with Crippen molar-refractivity contribution in [3.05, 3.63) is 82.0 Å². The minimum absolute atomic E-state index is 0.0792. The second-order valence-corrected chi connectivity index (χ2v) is 8.57. The number of pyridine rings is 1. The number of nitrogens with one attached hydrogen (secondary N) is 4. The summed E-state index contributed by atoms with van der Waals surface area (Å²) in [6.07, 6.45) is -2.80. The molecule has 0 atom stereocenters. The van der Waals surface area contributed by atoms with E-state index in [4.69, 9.17) is 11.6 Å². The molecular weight excluding hydrogens is 525 g/mol. The highest BCUT2D eigenvalue weighted by Crippen LogP contribution is 2.36. The van der Waals surface area contributed by atoms with Crippen molar-refractivity contribution < 1.29 is 22.8 Å². The van der Waals surface area contributed by atoms with Gasteiger partial charge in [0.25, 0.3) is 0 Å². The van der Waals surface area contributed by atoms with Gasteiger partial charge < -0.3 is 10.6 Å². The van der Waals surface area contributed by atoms with Gasteiger partial charge >= 0.3 is 12.2 Å². The van der Waals surface area contributed by atoms with Crippen LogP contribution in [0, 0.1) is 6.92 Å². The lowest BCUT2D eigenvalue weighted by Crippen LogP contribution is -2.20. The molecule has 0 saturated carbocycles. The number of aromatic nitrogens is 5. The average molecular weight is 545 g/mol. The molecular formula is C24H20ClF3N8O2. The fourth-order valence-electron chi connectivity index (χ4n) is 3.36. The Morgan fingerprint density at radius 3 is 2.47 bits per heavy atom. The van der Waals surface area contributed by atoms with E-state index >= 15 is 0 Å². The molecule has 10 nitrogen and oxygen atoms in total. The van der Waals surface area contributed by atoms with E-state index in [1.54, 1.807) is 24.3 Å². The third-order valence-corrected chi connectivity index (χ3v) is 5.39. The summed E-state index contributed by atoms with van der Waals surface area (Å²) in [5.74, 6) is 1.52.